The van der Waals surface area contributed by atoms with E-state index in [0.717, 1.165) is 11.3 Å². The van der Waals surface area contributed by atoms with E-state index in [-0.39, 0.29) is 0 Å². The van der Waals surface area contributed by atoms with Gasteiger partial charge in [0, 0.05) is 11.8 Å². The number of hydrogen-bond acceptors (Lipinski definition) is 4. The molecule has 0 saturated carbocycles. The first kappa shape index (κ1) is 5.46. The molecule has 52 valence electrons. The van der Waals surface area contributed by atoms with E-state index in [0.29, 0.717) is 19.0 Å². The predicted octanol–water partition coefficient (Wildman–Crippen LogP) is -0.757. The van der Waals surface area contributed by atoms with Crippen LogP contribution in [0, 0.1) is 0 Å². The lowest BCUT2D eigenvalue weighted by atomic mass is 10.2. The zero-order valence-electron chi connectivity index (χ0n) is 5.46. The Kier molecular flexibility index (Phi) is 1.00. The second-order valence-corrected chi connectivity index (χ2v) is 2.24. The van der Waals surface area contributed by atoms with Gasteiger partial charge in [-0.3, -0.25) is 4.99 Å². The average Bonchev–Trinajstić information content (AvgIpc) is 2.36. The molecule has 0 spiro atoms. The van der Waals surface area contributed by atoms with Gasteiger partial charge < -0.3 is 11.1 Å². The van der Waals surface area contributed by atoms with Crippen molar-refractivity contribution in [2.75, 3.05) is 13.2 Å². The number of aliphatic imine (C=N–C) groups is 2. The van der Waals surface area contributed by atoms with Gasteiger partial charge >= 0.3 is 0 Å². The van der Waals surface area contributed by atoms with E-state index in [1.807, 2.05) is 0 Å². The SMILES string of the molecule is NC1=NCNC2=C1CN=C2. The summed E-state index contributed by atoms with van der Waals surface area (Å²) in [5, 5.41) is 3.07. The second-order valence-electron chi connectivity index (χ2n) is 2.24. The van der Waals surface area contributed by atoms with Crippen LogP contribution in [0.4, 0.5) is 0 Å². The van der Waals surface area contributed by atoms with Gasteiger partial charge in [0.05, 0.1) is 12.2 Å². The minimum atomic E-state index is 0.580. The highest BCUT2D eigenvalue weighted by Crippen LogP contribution is 2.10. The molecule has 0 fully saturated rings. The van der Waals surface area contributed by atoms with Gasteiger partial charge in [-0.1, -0.05) is 0 Å². The number of rotatable bonds is 0. The summed E-state index contributed by atoms with van der Waals surface area (Å²) in [6.45, 7) is 1.26. The topological polar surface area (TPSA) is 62.8 Å². The summed E-state index contributed by atoms with van der Waals surface area (Å²) in [6.07, 6.45) is 1.80. The first-order valence-corrected chi connectivity index (χ1v) is 3.15. The van der Waals surface area contributed by atoms with Gasteiger partial charge in [-0.25, -0.2) is 4.99 Å². The van der Waals surface area contributed by atoms with Crippen LogP contribution in [0.1, 0.15) is 0 Å². The standard InChI is InChI=1S/C6H8N4/c7-6-4-1-8-2-5(4)9-3-10-6/h2,9H,1,3H2,(H2,7,10). The van der Waals surface area contributed by atoms with Crippen molar-refractivity contribution in [2.45, 2.75) is 0 Å². The summed E-state index contributed by atoms with van der Waals surface area (Å²) < 4.78 is 0. The largest absolute Gasteiger partial charge is 0.384 e. The van der Waals surface area contributed by atoms with Gasteiger partial charge in [-0.2, -0.15) is 0 Å². The third-order valence-corrected chi connectivity index (χ3v) is 1.62. The first-order chi connectivity index (χ1) is 4.88. The Morgan fingerprint density at radius 3 is 3.30 bits per heavy atom. The molecule has 0 radical (unpaired) electrons. The number of nitrogens with zero attached hydrogens (tertiary/aromatic N) is 2. The molecule has 10 heavy (non-hydrogen) atoms. The number of nitrogens with two attached hydrogens (primary N) is 1. The van der Waals surface area contributed by atoms with E-state index >= 15 is 0 Å². The highest BCUT2D eigenvalue weighted by atomic mass is 15.1. The number of nitrogens with one attached hydrogen (secondary N) is 1. The van der Waals surface area contributed by atoms with E-state index in [1.165, 1.54) is 0 Å². The Labute approximate surface area is 58.5 Å². The Bertz CT molecular complexity index is 248. The lowest BCUT2D eigenvalue weighted by Crippen LogP contribution is -2.29. The summed E-state index contributed by atoms with van der Waals surface area (Å²) in [6, 6.07) is 0. The lowest BCUT2D eigenvalue weighted by Gasteiger charge is -2.11. The normalized spacial score (nSPS) is 22.2. The van der Waals surface area contributed by atoms with Crippen molar-refractivity contribution in [1.82, 2.24) is 5.32 Å². The molecule has 4 heteroatoms. The second kappa shape index (κ2) is 1.83. The maximum atomic E-state index is 5.59. The van der Waals surface area contributed by atoms with Crippen molar-refractivity contribution in [3.63, 3.8) is 0 Å². The average molecular weight is 136 g/mol. The molecular formula is C6H8N4. The molecule has 0 saturated heterocycles. The third kappa shape index (κ3) is 0.618. The van der Waals surface area contributed by atoms with Gasteiger partial charge in [0.15, 0.2) is 0 Å². The van der Waals surface area contributed by atoms with E-state index in [1.54, 1.807) is 6.21 Å². The van der Waals surface area contributed by atoms with Gasteiger partial charge in [-0.05, 0) is 0 Å². The molecule has 0 aromatic heterocycles. The van der Waals surface area contributed by atoms with Gasteiger partial charge in [-0.15, -0.1) is 0 Å². The molecule has 0 aromatic carbocycles. The Balaban J connectivity index is 2.39. The maximum Gasteiger partial charge on any atom is 0.127 e. The van der Waals surface area contributed by atoms with E-state index < -0.39 is 0 Å². The summed E-state index contributed by atoms with van der Waals surface area (Å²) in [5.74, 6) is 0.631. The summed E-state index contributed by atoms with van der Waals surface area (Å²) in [4.78, 5) is 8.07. The van der Waals surface area contributed by atoms with E-state index in [9.17, 15) is 0 Å². The maximum absolute atomic E-state index is 5.59. The smallest absolute Gasteiger partial charge is 0.127 e. The van der Waals surface area contributed by atoms with Crippen LogP contribution in [0.3, 0.4) is 0 Å². The van der Waals surface area contributed by atoms with Crippen molar-refractivity contribution in [3.05, 3.63) is 11.3 Å². The lowest BCUT2D eigenvalue weighted by molar-refractivity contribution is 0.840. The van der Waals surface area contributed by atoms with Crippen molar-refractivity contribution >= 4 is 12.1 Å². The summed E-state index contributed by atoms with van der Waals surface area (Å²) >= 11 is 0. The predicted molar refractivity (Wildman–Crippen MR) is 40.0 cm³/mol. The first-order valence-electron chi connectivity index (χ1n) is 3.15. The van der Waals surface area contributed by atoms with Crippen LogP contribution in [-0.2, 0) is 0 Å². The van der Waals surface area contributed by atoms with Crippen LogP contribution < -0.4 is 11.1 Å². The van der Waals surface area contributed by atoms with Crippen LogP contribution in [0.2, 0.25) is 0 Å². The van der Waals surface area contributed by atoms with Crippen LogP contribution in [0.5, 0.6) is 0 Å². The highest BCUT2D eigenvalue weighted by molar-refractivity contribution is 6.05. The molecule has 0 aromatic rings. The zero-order chi connectivity index (χ0) is 6.97. The number of hydrogen-bond donors (Lipinski definition) is 2. The molecule has 0 atom stereocenters. The molecule has 3 N–H and O–H groups in total. The minimum absolute atomic E-state index is 0.580. The van der Waals surface area contributed by atoms with Gasteiger partial charge in [0.2, 0.25) is 0 Å². The van der Waals surface area contributed by atoms with E-state index in [2.05, 4.69) is 15.3 Å². The molecule has 2 aliphatic rings. The molecule has 4 nitrogen and oxygen atoms in total. The molecular weight excluding hydrogens is 128 g/mol. The summed E-state index contributed by atoms with van der Waals surface area (Å²) in [7, 11) is 0. The van der Waals surface area contributed by atoms with Gasteiger partial charge in [0.25, 0.3) is 0 Å². The fourth-order valence-electron chi connectivity index (χ4n) is 1.07. The molecule has 0 aliphatic carbocycles. The Morgan fingerprint density at radius 2 is 2.50 bits per heavy atom. The fourth-order valence-corrected chi connectivity index (χ4v) is 1.07. The Morgan fingerprint density at radius 1 is 1.60 bits per heavy atom. The molecule has 0 bridgehead atoms. The van der Waals surface area contributed by atoms with Crippen LogP contribution in [0.25, 0.3) is 0 Å². The highest BCUT2D eigenvalue weighted by Gasteiger charge is 2.16. The van der Waals surface area contributed by atoms with Crippen molar-refractivity contribution < 1.29 is 0 Å². The van der Waals surface area contributed by atoms with E-state index in [4.69, 9.17) is 5.73 Å². The van der Waals surface area contributed by atoms with Crippen molar-refractivity contribution in [1.29, 1.82) is 0 Å². The minimum Gasteiger partial charge on any atom is -0.384 e. The zero-order valence-corrected chi connectivity index (χ0v) is 5.46. The third-order valence-electron chi connectivity index (χ3n) is 1.62. The van der Waals surface area contributed by atoms with Gasteiger partial charge in [0.1, 0.15) is 12.5 Å². The molecule has 0 amide bonds. The van der Waals surface area contributed by atoms with Crippen LogP contribution in [0.15, 0.2) is 21.3 Å². The monoisotopic (exact) mass is 136 g/mol. The molecule has 2 heterocycles. The quantitative estimate of drug-likeness (QED) is 0.460. The molecule has 2 rings (SSSR count). The number of amidine groups is 1. The molecule has 2 aliphatic heterocycles. The number of allylic oxidation sites excluding steroid dienone is 1. The van der Waals surface area contributed by atoms with Crippen LogP contribution >= 0.6 is 0 Å². The fraction of sp³-hybridized carbons (Fsp3) is 0.333. The molecule has 0 unspecified atom stereocenters. The van der Waals surface area contributed by atoms with Crippen molar-refractivity contribution in [2.24, 2.45) is 15.7 Å². The Hall–Kier alpha value is -1.32. The van der Waals surface area contributed by atoms with Crippen molar-refractivity contribution in [3.8, 4) is 0 Å². The van der Waals surface area contributed by atoms with Crippen LogP contribution in [-0.4, -0.2) is 25.3 Å². The summed E-state index contributed by atoms with van der Waals surface area (Å²) in [5.41, 5.74) is 7.66.